The summed E-state index contributed by atoms with van der Waals surface area (Å²) in [7, 11) is 1.60. The number of amides is 1. The topological polar surface area (TPSA) is 66.8 Å². The number of aliphatic hydroxyl groups excluding tert-OH is 1. The first-order valence-electron chi connectivity index (χ1n) is 11.0. The minimum Gasteiger partial charge on any atom is -0.503 e. The number of aliphatic hydroxyl groups is 1. The molecule has 0 aromatic heterocycles. The van der Waals surface area contributed by atoms with Crippen LogP contribution in [0.5, 0.6) is 5.75 Å². The first kappa shape index (κ1) is 23.6. The van der Waals surface area contributed by atoms with Crippen molar-refractivity contribution in [3.05, 3.63) is 76.6 Å². The molecule has 0 aliphatic carbocycles. The van der Waals surface area contributed by atoms with Gasteiger partial charge in [0, 0.05) is 13.0 Å². The third-order valence-corrected chi connectivity index (χ3v) is 5.80. The summed E-state index contributed by atoms with van der Waals surface area (Å²) >= 11 is 0. The molecule has 0 saturated carbocycles. The van der Waals surface area contributed by atoms with Crippen LogP contribution in [0, 0.1) is 5.92 Å². The first-order valence-corrected chi connectivity index (χ1v) is 11.0. The zero-order valence-corrected chi connectivity index (χ0v) is 19.8. The molecule has 1 aliphatic heterocycles. The Bertz CT molecular complexity index is 1010. The van der Waals surface area contributed by atoms with Gasteiger partial charge in [-0.05, 0) is 40.2 Å². The van der Waals surface area contributed by atoms with Crippen LogP contribution >= 0.6 is 0 Å². The Hall–Kier alpha value is -3.08. The van der Waals surface area contributed by atoms with Crippen LogP contribution in [0.2, 0.25) is 0 Å². The molecule has 32 heavy (non-hydrogen) atoms. The maximum absolute atomic E-state index is 13.1. The van der Waals surface area contributed by atoms with Gasteiger partial charge in [-0.1, -0.05) is 71.0 Å². The third-order valence-electron chi connectivity index (χ3n) is 5.80. The largest absolute Gasteiger partial charge is 0.503 e. The van der Waals surface area contributed by atoms with Gasteiger partial charge in [0.25, 0.3) is 5.91 Å². The van der Waals surface area contributed by atoms with E-state index in [1.165, 1.54) is 0 Å². The summed E-state index contributed by atoms with van der Waals surface area (Å²) in [5.41, 5.74) is 3.05. The van der Waals surface area contributed by atoms with E-state index in [2.05, 4.69) is 20.8 Å². The number of benzene rings is 2. The second-order valence-corrected chi connectivity index (χ2v) is 9.84. The zero-order valence-electron chi connectivity index (χ0n) is 19.8. The second-order valence-electron chi connectivity index (χ2n) is 9.84. The fourth-order valence-electron chi connectivity index (χ4n) is 4.02. The highest BCUT2D eigenvalue weighted by Crippen LogP contribution is 2.40. The van der Waals surface area contributed by atoms with Crippen molar-refractivity contribution in [3.63, 3.8) is 0 Å². The lowest BCUT2D eigenvalue weighted by Crippen LogP contribution is -2.30. The van der Waals surface area contributed by atoms with Crippen molar-refractivity contribution in [1.29, 1.82) is 0 Å². The molecule has 1 amide bonds. The summed E-state index contributed by atoms with van der Waals surface area (Å²) in [4.78, 5) is 27.8. The minimum atomic E-state index is -0.620. The van der Waals surface area contributed by atoms with Crippen molar-refractivity contribution >= 4 is 11.7 Å². The summed E-state index contributed by atoms with van der Waals surface area (Å²) in [5.74, 6) is -0.290. The highest BCUT2D eigenvalue weighted by Gasteiger charge is 2.43. The molecule has 1 aliphatic rings. The predicted octanol–water partition coefficient (Wildman–Crippen LogP) is 5.50. The predicted molar refractivity (Wildman–Crippen MR) is 126 cm³/mol. The van der Waals surface area contributed by atoms with Gasteiger partial charge >= 0.3 is 0 Å². The molecule has 5 nitrogen and oxygen atoms in total. The number of nitrogens with zero attached hydrogens (tertiary/aromatic N) is 1. The lowest BCUT2D eigenvalue weighted by atomic mass is 9.85. The van der Waals surface area contributed by atoms with Gasteiger partial charge in [0.05, 0.1) is 18.7 Å². The Kier molecular flexibility index (Phi) is 6.77. The Morgan fingerprint density at radius 3 is 2.16 bits per heavy atom. The third kappa shape index (κ3) is 4.87. The Morgan fingerprint density at radius 1 is 1.06 bits per heavy atom. The number of ether oxygens (including phenoxy) is 1. The van der Waals surface area contributed by atoms with E-state index in [-0.39, 0.29) is 35.7 Å². The van der Waals surface area contributed by atoms with Crippen molar-refractivity contribution < 1.29 is 19.4 Å². The van der Waals surface area contributed by atoms with Gasteiger partial charge in [-0.3, -0.25) is 9.59 Å². The van der Waals surface area contributed by atoms with Gasteiger partial charge in [0.1, 0.15) is 5.75 Å². The molecule has 3 rings (SSSR count). The standard InChI is InChI=1S/C27H33NO4/c1-17(2)15-22(29)23-24(19-9-11-20(12-10-19)27(3,4)5)28(26(31)25(23)30)16-18-7-13-21(32-6)14-8-18/h7-14,17,24,30H,15-16H2,1-6H3. The van der Waals surface area contributed by atoms with Gasteiger partial charge in [0.15, 0.2) is 11.5 Å². The van der Waals surface area contributed by atoms with Crippen LogP contribution in [0.4, 0.5) is 0 Å². The van der Waals surface area contributed by atoms with E-state index in [9.17, 15) is 14.7 Å². The van der Waals surface area contributed by atoms with Crippen molar-refractivity contribution in [3.8, 4) is 5.75 Å². The molecule has 0 saturated heterocycles. The number of hydrogen-bond acceptors (Lipinski definition) is 4. The van der Waals surface area contributed by atoms with Crippen LogP contribution in [0.3, 0.4) is 0 Å². The molecule has 0 bridgehead atoms. The SMILES string of the molecule is COc1ccc(CN2C(=O)C(O)=C(C(=O)CC(C)C)C2c2ccc(C(C)(C)C)cc2)cc1. The van der Waals surface area contributed by atoms with Crippen LogP contribution in [-0.2, 0) is 21.5 Å². The summed E-state index contributed by atoms with van der Waals surface area (Å²) in [5, 5.41) is 10.7. The number of methoxy groups -OCH3 is 1. The second kappa shape index (κ2) is 9.19. The van der Waals surface area contributed by atoms with E-state index in [0.717, 1.165) is 22.4 Å². The Morgan fingerprint density at radius 2 is 1.66 bits per heavy atom. The average molecular weight is 436 g/mol. The minimum absolute atomic E-state index is 0.0128. The van der Waals surface area contributed by atoms with Crippen LogP contribution < -0.4 is 4.74 Å². The monoisotopic (exact) mass is 435 g/mol. The zero-order chi connectivity index (χ0) is 23.6. The molecule has 1 N–H and O–H groups in total. The lowest BCUT2D eigenvalue weighted by molar-refractivity contribution is -0.130. The fourth-order valence-corrected chi connectivity index (χ4v) is 4.02. The number of carbonyl (C=O) groups is 2. The van der Waals surface area contributed by atoms with E-state index in [4.69, 9.17) is 4.74 Å². The Labute approximate surface area is 190 Å². The van der Waals surface area contributed by atoms with Gasteiger partial charge in [-0.2, -0.15) is 0 Å². The molecule has 0 radical (unpaired) electrons. The van der Waals surface area contributed by atoms with E-state index in [1.807, 2.05) is 62.4 Å². The maximum Gasteiger partial charge on any atom is 0.290 e. The van der Waals surface area contributed by atoms with Crippen LogP contribution in [0.15, 0.2) is 59.9 Å². The van der Waals surface area contributed by atoms with Crippen molar-refractivity contribution in [2.24, 2.45) is 5.92 Å². The number of ketones is 1. The molecule has 2 aromatic rings. The number of carbonyl (C=O) groups excluding carboxylic acids is 2. The van der Waals surface area contributed by atoms with E-state index in [1.54, 1.807) is 12.0 Å². The van der Waals surface area contributed by atoms with Crippen molar-refractivity contribution in [1.82, 2.24) is 4.90 Å². The highest BCUT2D eigenvalue weighted by atomic mass is 16.5. The molecule has 0 spiro atoms. The molecule has 2 aromatic carbocycles. The first-order chi connectivity index (χ1) is 15.0. The van der Waals surface area contributed by atoms with Crippen LogP contribution in [0.1, 0.15) is 63.8 Å². The van der Waals surface area contributed by atoms with Crippen LogP contribution in [0.25, 0.3) is 0 Å². The van der Waals surface area contributed by atoms with Crippen molar-refractivity contribution in [2.45, 2.75) is 59.0 Å². The highest BCUT2D eigenvalue weighted by molar-refractivity contribution is 6.09. The maximum atomic E-state index is 13.1. The van der Waals surface area contributed by atoms with Crippen LogP contribution in [-0.4, -0.2) is 28.8 Å². The van der Waals surface area contributed by atoms with Gasteiger partial charge < -0.3 is 14.7 Å². The van der Waals surface area contributed by atoms with E-state index < -0.39 is 17.7 Å². The number of Topliss-reactive ketones (excluding diaryl/α,β-unsaturated/α-hetero) is 1. The lowest BCUT2D eigenvalue weighted by Gasteiger charge is -2.28. The molecule has 5 heteroatoms. The average Bonchev–Trinajstić information content (AvgIpc) is 2.98. The molecule has 1 heterocycles. The van der Waals surface area contributed by atoms with Gasteiger partial charge in [-0.25, -0.2) is 0 Å². The van der Waals surface area contributed by atoms with Gasteiger partial charge in [0.2, 0.25) is 0 Å². The molecular formula is C27H33NO4. The summed E-state index contributed by atoms with van der Waals surface area (Å²) in [6, 6.07) is 14.8. The molecule has 170 valence electrons. The molecule has 0 fully saturated rings. The molecule has 1 unspecified atom stereocenters. The van der Waals surface area contributed by atoms with Gasteiger partial charge in [-0.15, -0.1) is 0 Å². The van der Waals surface area contributed by atoms with Crippen molar-refractivity contribution in [2.75, 3.05) is 7.11 Å². The van der Waals surface area contributed by atoms with E-state index >= 15 is 0 Å². The molecular weight excluding hydrogens is 402 g/mol. The Balaban J connectivity index is 2.02. The summed E-state index contributed by atoms with van der Waals surface area (Å²) < 4.78 is 5.22. The molecule has 1 atom stereocenters. The fraction of sp³-hybridized carbons (Fsp3) is 0.407. The number of rotatable bonds is 7. The quantitative estimate of drug-likeness (QED) is 0.623. The summed E-state index contributed by atoms with van der Waals surface area (Å²) in [6.07, 6.45) is 0.277. The normalized spacial score (nSPS) is 16.8. The summed E-state index contributed by atoms with van der Waals surface area (Å²) in [6.45, 7) is 10.6. The van der Waals surface area contributed by atoms with E-state index in [0.29, 0.717) is 0 Å². The smallest absolute Gasteiger partial charge is 0.290 e. The number of hydrogen-bond donors (Lipinski definition) is 1.